The van der Waals surface area contributed by atoms with Crippen molar-refractivity contribution in [1.82, 2.24) is 5.06 Å². The highest BCUT2D eigenvalue weighted by atomic mass is 16.5. The van der Waals surface area contributed by atoms with E-state index in [0.717, 1.165) is 16.2 Å². The maximum atomic E-state index is 9.83. The van der Waals surface area contributed by atoms with Gasteiger partial charge in [-0.3, -0.25) is 5.21 Å². The maximum absolute atomic E-state index is 9.83. The van der Waals surface area contributed by atoms with Crippen molar-refractivity contribution in [3.8, 4) is 0 Å². The summed E-state index contributed by atoms with van der Waals surface area (Å²) in [5, 5.41) is 10.8. The molecule has 0 saturated carbocycles. The van der Waals surface area contributed by atoms with Gasteiger partial charge in [0.25, 0.3) is 0 Å². The molecule has 0 aliphatic rings. The Kier molecular flexibility index (Phi) is 4.53. The highest BCUT2D eigenvalue weighted by Crippen LogP contribution is 2.04. The zero-order chi connectivity index (χ0) is 13.5. The van der Waals surface area contributed by atoms with Crippen molar-refractivity contribution in [2.45, 2.75) is 13.1 Å². The number of guanidine groups is 1. The van der Waals surface area contributed by atoms with Crippen LogP contribution in [0.3, 0.4) is 0 Å². The molecule has 0 fully saturated rings. The average molecular weight is 255 g/mol. The van der Waals surface area contributed by atoms with Gasteiger partial charge in [0, 0.05) is 0 Å². The van der Waals surface area contributed by atoms with Crippen molar-refractivity contribution in [3.05, 3.63) is 71.8 Å². The molecule has 0 amide bonds. The monoisotopic (exact) mass is 255 g/mol. The summed E-state index contributed by atoms with van der Waals surface area (Å²) in [6, 6.07) is 19.4. The van der Waals surface area contributed by atoms with E-state index in [1.54, 1.807) is 0 Å². The van der Waals surface area contributed by atoms with Crippen LogP contribution in [0.1, 0.15) is 11.1 Å². The topological polar surface area (TPSA) is 61.8 Å². The Morgan fingerprint density at radius 1 is 0.947 bits per heavy atom. The molecule has 2 aromatic carbocycles. The summed E-state index contributed by atoms with van der Waals surface area (Å²) in [6.45, 7) is 0.781. The smallest absolute Gasteiger partial charge is 0.216 e. The number of aliphatic imine (C=N–C) groups is 1. The van der Waals surface area contributed by atoms with Crippen molar-refractivity contribution in [3.63, 3.8) is 0 Å². The molecule has 2 rings (SSSR count). The number of nitrogens with two attached hydrogens (primary N) is 1. The summed E-state index contributed by atoms with van der Waals surface area (Å²) in [5.74, 6) is 0.118. The zero-order valence-electron chi connectivity index (χ0n) is 10.6. The van der Waals surface area contributed by atoms with Crippen molar-refractivity contribution < 1.29 is 5.21 Å². The van der Waals surface area contributed by atoms with Crippen molar-refractivity contribution >= 4 is 5.96 Å². The molecule has 0 radical (unpaired) electrons. The standard InChI is InChI=1S/C15H17N3O/c16-15(17-11-13-7-3-1-4-8-13)18(19)12-14-9-5-2-6-10-14/h1-10,19H,11-12H2,(H2,16,17). The summed E-state index contributed by atoms with van der Waals surface area (Å²) in [7, 11) is 0. The van der Waals surface area contributed by atoms with Gasteiger partial charge in [-0.05, 0) is 11.1 Å². The third-order valence-electron chi connectivity index (χ3n) is 2.71. The highest BCUT2D eigenvalue weighted by molar-refractivity contribution is 5.76. The zero-order valence-corrected chi connectivity index (χ0v) is 10.6. The summed E-state index contributed by atoms with van der Waals surface area (Å²) < 4.78 is 0. The molecule has 4 heteroatoms. The summed E-state index contributed by atoms with van der Waals surface area (Å²) in [6.07, 6.45) is 0. The van der Waals surface area contributed by atoms with Gasteiger partial charge in [0.05, 0.1) is 13.1 Å². The lowest BCUT2D eigenvalue weighted by Crippen LogP contribution is -2.34. The summed E-state index contributed by atoms with van der Waals surface area (Å²) >= 11 is 0. The number of rotatable bonds is 4. The largest absolute Gasteiger partial charge is 0.368 e. The van der Waals surface area contributed by atoms with Gasteiger partial charge in [-0.25, -0.2) is 10.1 Å². The van der Waals surface area contributed by atoms with Gasteiger partial charge in [0.2, 0.25) is 5.96 Å². The first kappa shape index (κ1) is 13.1. The molecule has 0 aromatic heterocycles. The second kappa shape index (κ2) is 6.56. The fourth-order valence-corrected chi connectivity index (χ4v) is 1.67. The van der Waals surface area contributed by atoms with Crippen LogP contribution in [0.4, 0.5) is 0 Å². The minimum atomic E-state index is 0.118. The Morgan fingerprint density at radius 2 is 1.47 bits per heavy atom. The first-order valence-electron chi connectivity index (χ1n) is 6.10. The van der Waals surface area contributed by atoms with Gasteiger partial charge >= 0.3 is 0 Å². The van der Waals surface area contributed by atoms with E-state index < -0.39 is 0 Å². The molecule has 0 aliphatic carbocycles. The van der Waals surface area contributed by atoms with Crippen molar-refractivity contribution in [1.29, 1.82) is 0 Å². The Hall–Kier alpha value is -2.33. The van der Waals surface area contributed by atoms with Gasteiger partial charge in [0.15, 0.2) is 0 Å². The van der Waals surface area contributed by atoms with Crippen LogP contribution in [-0.4, -0.2) is 16.2 Å². The van der Waals surface area contributed by atoms with E-state index in [1.165, 1.54) is 0 Å². The molecule has 19 heavy (non-hydrogen) atoms. The van der Waals surface area contributed by atoms with E-state index in [9.17, 15) is 5.21 Å². The van der Waals surface area contributed by atoms with E-state index in [4.69, 9.17) is 5.73 Å². The molecule has 2 aromatic rings. The molecule has 0 heterocycles. The Balaban J connectivity index is 1.93. The van der Waals surface area contributed by atoms with Gasteiger partial charge in [-0.2, -0.15) is 0 Å². The minimum absolute atomic E-state index is 0.118. The van der Waals surface area contributed by atoms with E-state index >= 15 is 0 Å². The van der Waals surface area contributed by atoms with Crippen LogP contribution in [0.5, 0.6) is 0 Å². The predicted octanol–water partition coefficient (Wildman–Crippen LogP) is 2.39. The molecule has 0 atom stereocenters. The van der Waals surface area contributed by atoms with Gasteiger partial charge < -0.3 is 5.73 Å². The fourth-order valence-electron chi connectivity index (χ4n) is 1.67. The third kappa shape index (κ3) is 4.12. The molecule has 0 bridgehead atoms. The van der Waals surface area contributed by atoms with E-state index in [0.29, 0.717) is 13.1 Å². The first-order valence-corrected chi connectivity index (χ1v) is 6.10. The second-order valence-corrected chi connectivity index (χ2v) is 4.20. The number of hydrogen-bond acceptors (Lipinski definition) is 2. The molecule has 4 nitrogen and oxygen atoms in total. The quantitative estimate of drug-likeness (QED) is 0.501. The van der Waals surface area contributed by atoms with E-state index in [-0.39, 0.29) is 5.96 Å². The van der Waals surface area contributed by atoms with E-state index in [2.05, 4.69) is 4.99 Å². The van der Waals surface area contributed by atoms with Crippen LogP contribution in [-0.2, 0) is 13.1 Å². The molecule has 0 spiro atoms. The minimum Gasteiger partial charge on any atom is -0.368 e. The molecule has 98 valence electrons. The lowest BCUT2D eigenvalue weighted by Gasteiger charge is -2.15. The van der Waals surface area contributed by atoms with Crippen LogP contribution in [0.25, 0.3) is 0 Å². The van der Waals surface area contributed by atoms with Gasteiger partial charge in [0.1, 0.15) is 0 Å². The Bertz CT molecular complexity index is 526. The van der Waals surface area contributed by atoms with Gasteiger partial charge in [-0.15, -0.1) is 0 Å². The Morgan fingerprint density at radius 3 is 2.05 bits per heavy atom. The number of nitrogens with zero attached hydrogens (tertiary/aromatic N) is 2. The number of hydroxylamine groups is 2. The SMILES string of the molecule is NC(=NCc1ccccc1)N(O)Cc1ccccc1. The molecule has 3 N–H and O–H groups in total. The molecule has 0 saturated heterocycles. The summed E-state index contributed by atoms with van der Waals surface area (Å²) in [4.78, 5) is 4.16. The maximum Gasteiger partial charge on any atom is 0.216 e. The van der Waals surface area contributed by atoms with Gasteiger partial charge in [-0.1, -0.05) is 60.7 Å². The molecular weight excluding hydrogens is 238 g/mol. The van der Waals surface area contributed by atoms with Crippen LogP contribution >= 0.6 is 0 Å². The first-order chi connectivity index (χ1) is 9.25. The molecular formula is C15H17N3O. The molecule has 0 aliphatic heterocycles. The average Bonchev–Trinajstić information content (AvgIpc) is 2.47. The van der Waals surface area contributed by atoms with Crippen LogP contribution in [0, 0.1) is 0 Å². The highest BCUT2D eigenvalue weighted by Gasteiger charge is 2.04. The number of benzene rings is 2. The Labute approximate surface area is 112 Å². The molecule has 0 unspecified atom stereocenters. The summed E-state index contributed by atoms with van der Waals surface area (Å²) in [5.41, 5.74) is 7.77. The van der Waals surface area contributed by atoms with Crippen LogP contribution in [0.15, 0.2) is 65.7 Å². The third-order valence-corrected chi connectivity index (χ3v) is 2.71. The van der Waals surface area contributed by atoms with E-state index in [1.807, 2.05) is 60.7 Å². The van der Waals surface area contributed by atoms with Crippen molar-refractivity contribution in [2.75, 3.05) is 0 Å². The predicted molar refractivity (Wildman–Crippen MR) is 75.5 cm³/mol. The van der Waals surface area contributed by atoms with Crippen LogP contribution in [0.2, 0.25) is 0 Å². The lowest BCUT2D eigenvalue weighted by atomic mass is 10.2. The number of hydrogen-bond donors (Lipinski definition) is 2. The normalized spacial score (nSPS) is 11.3. The van der Waals surface area contributed by atoms with Crippen molar-refractivity contribution in [2.24, 2.45) is 10.7 Å². The second-order valence-electron chi connectivity index (χ2n) is 4.20. The fraction of sp³-hybridized carbons (Fsp3) is 0.133. The van der Waals surface area contributed by atoms with Crippen LogP contribution < -0.4 is 5.73 Å². The lowest BCUT2D eigenvalue weighted by molar-refractivity contribution is -0.0246.